The highest BCUT2D eigenvalue weighted by atomic mass is 79.9. The Balaban J connectivity index is 1.84. The molecule has 5 heteroatoms. The van der Waals surface area contributed by atoms with Crippen LogP contribution in [0.2, 0.25) is 0 Å². The minimum Gasteiger partial charge on any atom is -0.352 e. The van der Waals surface area contributed by atoms with Crippen molar-refractivity contribution in [3.8, 4) is 0 Å². The molecule has 20 heavy (non-hydrogen) atoms. The third-order valence-electron chi connectivity index (χ3n) is 2.62. The van der Waals surface area contributed by atoms with Crippen LogP contribution in [0.15, 0.2) is 46.3 Å². The van der Waals surface area contributed by atoms with Gasteiger partial charge < -0.3 is 5.32 Å². The molecule has 2 rings (SSSR count). The predicted octanol–water partition coefficient (Wildman–Crippen LogP) is 4.02. The minimum absolute atomic E-state index is 0.221. The summed E-state index contributed by atoms with van der Waals surface area (Å²) in [7, 11) is 0. The molecule has 104 valence electrons. The Labute approximate surface area is 129 Å². The monoisotopic (exact) mass is 353 g/mol. The van der Waals surface area contributed by atoms with Gasteiger partial charge in [-0.25, -0.2) is 4.39 Å². The zero-order chi connectivity index (χ0) is 14.4. The summed E-state index contributed by atoms with van der Waals surface area (Å²) in [6, 6.07) is 8.62. The first-order chi connectivity index (χ1) is 9.65. The van der Waals surface area contributed by atoms with Crippen LogP contribution in [0, 0.1) is 5.82 Å². The van der Waals surface area contributed by atoms with Gasteiger partial charge in [-0.1, -0.05) is 22.0 Å². The van der Waals surface area contributed by atoms with Crippen LogP contribution in [0.1, 0.15) is 10.4 Å². The lowest BCUT2D eigenvalue weighted by atomic mass is 10.2. The van der Waals surface area contributed by atoms with Gasteiger partial charge in [0.25, 0.3) is 0 Å². The highest BCUT2D eigenvalue weighted by Crippen LogP contribution is 2.16. The van der Waals surface area contributed by atoms with Gasteiger partial charge in [-0.05, 0) is 42.1 Å². The Kier molecular flexibility index (Phi) is 5.49. The van der Waals surface area contributed by atoms with Crippen molar-refractivity contribution in [3.63, 3.8) is 0 Å². The number of carbonyl (C=O) groups is 1. The Hall–Kier alpha value is -1.46. The normalized spacial score (nSPS) is 10.9. The summed E-state index contributed by atoms with van der Waals surface area (Å²) in [6.45, 7) is 0.574. The van der Waals surface area contributed by atoms with Gasteiger partial charge in [-0.15, -0.1) is 11.3 Å². The summed E-state index contributed by atoms with van der Waals surface area (Å²) in [5.41, 5.74) is 0.382. The number of hydrogen-bond acceptors (Lipinski definition) is 2. The van der Waals surface area contributed by atoms with E-state index in [0.29, 0.717) is 12.1 Å². The van der Waals surface area contributed by atoms with E-state index < -0.39 is 0 Å². The van der Waals surface area contributed by atoms with E-state index in [-0.39, 0.29) is 11.7 Å². The molecule has 1 amide bonds. The van der Waals surface area contributed by atoms with Crippen molar-refractivity contribution in [2.24, 2.45) is 0 Å². The second-order valence-corrected chi connectivity index (χ2v) is 6.07. The summed E-state index contributed by atoms with van der Waals surface area (Å²) < 4.78 is 14.2. The lowest BCUT2D eigenvalue weighted by Gasteiger charge is -2.01. The van der Waals surface area contributed by atoms with E-state index in [0.717, 1.165) is 10.9 Å². The molecule has 0 aliphatic carbocycles. The van der Waals surface area contributed by atoms with Crippen molar-refractivity contribution in [1.82, 2.24) is 5.32 Å². The van der Waals surface area contributed by atoms with Crippen molar-refractivity contribution >= 4 is 39.2 Å². The first-order valence-corrected chi connectivity index (χ1v) is 7.76. The van der Waals surface area contributed by atoms with Crippen molar-refractivity contribution < 1.29 is 9.18 Å². The number of carbonyl (C=O) groups excluding carboxylic acids is 1. The van der Waals surface area contributed by atoms with Crippen LogP contribution in [0.4, 0.5) is 4.39 Å². The van der Waals surface area contributed by atoms with Crippen LogP contribution in [-0.2, 0) is 11.2 Å². The van der Waals surface area contributed by atoms with Crippen molar-refractivity contribution in [2.45, 2.75) is 6.42 Å². The molecule has 1 heterocycles. The Morgan fingerprint density at radius 2 is 2.25 bits per heavy atom. The number of halogens is 2. The fourth-order valence-electron chi connectivity index (χ4n) is 1.63. The number of rotatable bonds is 5. The number of benzene rings is 1. The molecule has 1 N–H and O–H groups in total. The Bertz CT molecular complexity index is 610. The Morgan fingerprint density at radius 1 is 1.40 bits per heavy atom. The van der Waals surface area contributed by atoms with Crippen molar-refractivity contribution in [2.75, 3.05) is 6.54 Å². The first-order valence-electron chi connectivity index (χ1n) is 6.08. The maximum atomic E-state index is 13.5. The number of thiophene rings is 1. The number of amides is 1. The molecular weight excluding hydrogens is 341 g/mol. The van der Waals surface area contributed by atoms with Gasteiger partial charge in [-0.2, -0.15) is 0 Å². The highest BCUT2D eigenvalue weighted by molar-refractivity contribution is 9.10. The van der Waals surface area contributed by atoms with Gasteiger partial charge >= 0.3 is 0 Å². The largest absolute Gasteiger partial charge is 0.352 e. The summed E-state index contributed by atoms with van der Waals surface area (Å²) >= 11 is 4.93. The van der Waals surface area contributed by atoms with Gasteiger partial charge in [-0.3, -0.25) is 4.79 Å². The van der Waals surface area contributed by atoms with Crippen molar-refractivity contribution in [1.29, 1.82) is 0 Å². The smallest absolute Gasteiger partial charge is 0.244 e. The van der Waals surface area contributed by atoms with Gasteiger partial charge in [0.1, 0.15) is 5.82 Å². The molecule has 0 bridgehead atoms. The van der Waals surface area contributed by atoms with Gasteiger partial charge in [0.2, 0.25) is 5.91 Å². The molecule has 0 radical (unpaired) electrons. The molecule has 0 atom stereocenters. The molecule has 1 aromatic carbocycles. The molecule has 0 aliphatic rings. The van der Waals surface area contributed by atoms with Crippen LogP contribution in [0.25, 0.3) is 6.08 Å². The van der Waals surface area contributed by atoms with Crippen LogP contribution < -0.4 is 5.32 Å². The molecule has 1 aromatic heterocycles. The summed E-state index contributed by atoms with van der Waals surface area (Å²) in [5.74, 6) is -0.572. The quantitative estimate of drug-likeness (QED) is 0.808. The average Bonchev–Trinajstić information content (AvgIpc) is 2.93. The topological polar surface area (TPSA) is 29.1 Å². The zero-order valence-electron chi connectivity index (χ0n) is 10.6. The van der Waals surface area contributed by atoms with Gasteiger partial charge in [0.15, 0.2) is 0 Å². The third kappa shape index (κ3) is 4.58. The zero-order valence-corrected chi connectivity index (χ0v) is 13.0. The van der Waals surface area contributed by atoms with Gasteiger partial charge in [0, 0.05) is 27.5 Å². The predicted molar refractivity (Wildman–Crippen MR) is 84.2 cm³/mol. The van der Waals surface area contributed by atoms with Crippen molar-refractivity contribution in [3.05, 3.63) is 62.5 Å². The van der Waals surface area contributed by atoms with Crippen LogP contribution in [-0.4, -0.2) is 12.5 Å². The maximum Gasteiger partial charge on any atom is 0.244 e. The van der Waals surface area contributed by atoms with E-state index in [2.05, 4.69) is 21.2 Å². The second kappa shape index (κ2) is 7.36. The molecule has 0 fully saturated rings. The summed E-state index contributed by atoms with van der Waals surface area (Å²) in [4.78, 5) is 12.8. The molecule has 0 aliphatic heterocycles. The van der Waals surface area contributed by atoms with E-state index in [1.807, 2.05) is 17.5 Å². The summed E-state index contributed by atoms with van der Waals surface area (Å²) in [6.07, 6.45) is 3.63. The van der Waals surface area contributed by atoms with Gasteiger partial charge in [0.05, 0.1) is 0 Å². The number of hydrogen-bond donors (Lipinski definition) is 1. The molecule has 0 saturated carbocycles. The van der Waals surface area contributed by atoms with E-state index in [9.17, 15) is 9.18 Å². The molecule has 2 nitrogen and oxygen atoms in total. The van der Waals surface area contributed by atoms with E-state index in [4.69, 9.17) is 0 Å². The van der Waals surface area contributed by atoms with Crippen LogP contribution >= 0.6 is 27.3 Å². The van der Waals surface area contributed by atoms with Crippen LogP contribution in [0.3, 0.4) is 0 Å². The minimum atomic E-state index is -0.351. The maximum absolute atomic E-state index is 13.5. The molecule has 0 saturated heterocycles. The van der Waals surface area contributed by atoms with Crippen LogP contribution in [0.5, 0.6) is 0 Å². The molecule has 0 spiro atoms. The average molecular weight is 354 g/mol. The molecule has 0 unspecified atom stereocenters. The standard InChI is InChI=1S/C15H13BrFNOS/c16-12-4-5-14(17)11(10-12)3-6-15(19)18-8-7-13-2-1-9-20-13/h1-6,9-10H,7-8H2,(H,18,19)/b6-3+. The lowest BCUT2D eigenvalue weighted by molar-refractivity contribution is -0.116. The first kappa shape index (κ1) is 14.9. The Morgan fingerprint density at radius 3 is 3.00 bits per heavy atom. The molecule has 2 aromatic rings. The lowest BCUT2D eigenvalue weighted by Crippen LogP contribution is -2.23. The summed E-state index contributed by atoms with van der Waals surface area (Å²) in [5, 5.41) is 4.78. The SMILES string of the molecule is O=C(/C=C/c1cc(Br)ccc1F)NCCc1cccs1. The fourth-order valence-corrected chi connectivity index (χ4v) is 2.72. The third-order valence-corrected chi connectivity index (χ3v) is 4.05. The fraction of sp³-hybridized carbons (Fsp3) is 0.133. The number of nitrogens with one attached hydrogen (secondary N) is 1. The van der Waals surface area contributed by atoms with E-state index in [1.54, 1.807) is 23.5 Å². The second-order valence-electron chi connectivity index (χ2n) is 4.12. The highest BCUT2D eigenvalue weighted by Gasteiger charge is 2.01. The van der Waals surface area contributed by atoms with E-state index >= 15 is 0 Å². The molecular formula is C15H13BrFNOS. The van der Waals surface area contributed by atoms with E-state index in [1.165, 1.54) is 23.1 Å².